The Kier molecular flexibility index (Phi) is 4.96. The summed E-state index contributed by atoms with van der Waals surface area (Å²) in [5, 5.41) is 11.9. The van der Waals surface area contributed by atoms with E-state index in [1.165, 1.54) is 0 Å². The number of rotatable bonds is 0. The van der Waals surface area contributed by atoms with Crippen LogP contribution < -0.4 is 0 Å². The summed E-state index contributed by atoms with van der Waals surface area (Å²) in [6.07, 6.45) is 0. The summed E-state index contributed by atoms with van der Waals surface area (Å²) >= 11 is 0. The third-order valence-electron chi connectivity index (χ3n) is 9.42. The molecule has 0 atom stereocenters. The molecular weight excluding hydrogens is 592 g/mol. The number of pyridine rings is 2. The lowest BCUT2D eigenvalue weighted by atomic mass is 10.0. The van der Waals surface area contributed by atoms with Gasteiger partial charge in [-0.15, -0.1) is 0 Å². The summed E-state index contributed by atoms with van der Waals surface area (Å²) in [6, 6.07) is 41.3. The highest BCUT2D eigenvalue weighted by atomic mass is 15.0. The molecule has 0 fully saturated rings. The summed E-state index contributed by atoms with van der Waals surface area (Å²) in [4.78, 5) is 38.2. The molecule has 8 bridgehead atoms. The Morgan fingerprint density at radius 1 is 0.271 bits per heavy atom. The molecule has 0 amide bonds. The smallest absolute Gasteiger partial charge is 0.164 e. The minimum absolute atomic E-state index is 0.578. The molecule has 11 rings (SSSR count). The van der Waals surface area contributed by atoms with E-state index in [1.54, 1.807) is 0 Å². The molecule has 2 N–H and O–H groups in total. The average Bonchev–Trinajstić information content (AvgIpc) is 3.65. The highest BCUT2D eigenvalue weighted by Gasteiger charge is 2.14. The SMILES string of the molecule is c1ccc2c3nc4nc(nc5[nH]c(nc6nc(nc([nH]3)c2c1)c1cccc2cccc6c21)c1ccccc51)c1cccc2cccc4c21. The molecule has 0 saturated heterocycles. The summed E-state index contributed by atoms with van der Waals surface area (Å²) in [5.74, 6) is 0. The molecule has 0 aliphatic rings. The van der Waals surface area contributed by atoms with Crippen molar-refractivity contribution >= 4 is 110 Å². The highest BCUT2D eigenvalue weighted by molar-refractivity contribution is 6.20. The number of hydrogen-bond acceptors (Lipinski definition) is 6. The fourth-order valence-corrected chi connectivity index (χ4v) is 7.27. The highest BCUT2D eigenvalue weighted by Crippen LogP contribution is 2.34. The van der Waals surface area contributed by atoms with Crippen molar-refractivity contribution in [3.8, 4) is 0 Å². The van der Waals surface area contributed by atoms with Gasteiger partial charge in [0.05, 0.1) is 0 Å². The van der Waals surface area contributed by atoms with Crippen LogP contribution in [0.3, 0.4) is 0 Å². The average molecular weight is 615 g/mol. The second-order valence-corrected chi connectivity index (χ2v) is 12.1. The fraction of sp³-hybridized carbons (Fsp3) is 0. The molecular formula is C40H22N8. The van der Waals surface area contributed by atoms with E-state index in [1.807, 2.05) is 48.5 Å². The Labute approximate surface area is 270 Å². The van der Waals surface area contributed by atoms with Gasteiger partial charge in [0, 0.05) is 53.9 Å². The van der Waals surface area contributed by atoms with Crippen LogP contribution >= 0.6 is 0 Å². The van der Waals surface area contributed by atoms with Crippen LogP contribution in [0.5, 0.6) is 0 Å². The molecule has 222 valence electrons. The van der Waals surface area contributed by atoms with Crippen LogP contribution in [0.15, 0.2) is 121 Å². The number of fused-ring (bicyclic) bond motifs is 18. The molecule has 6 aromatic carbocycles. The van der Waals surface area contributed by atoms with Gasteiger partial charge in [0.2, 0.25) is 0 Å². The molecule has 0 saturated carbocycles. The normalized spacial score (nSPS) is 12.2. The lowest BCUT2D eigenvalue weighted by Gasteiger charge is -2.06. The molecule has 11 aromatic rings. The van der Waals surface area contributed by atoms with E-state index in [0.29, 0.717) is 45.2 Å². The molecule has 5 aromatic heterocycles. The Bertz CT molecular complexity index is 2830. The van der Waals surface area contributed by atoms with E-state index in [-0.39, 0.29) is 0 Å². The Morgan fingerprint density at radius 2 is 0.542 bits per heavy atom. The summed E-state index contributed by atoms with van der Waals surface area (Å²) in [7, 11) is 0. The van der Waals surface area contributed by atoms with Gasteiger partial charge in [-0.3, -0.25) is 0 Å². The van der Waals surface area contributed by atoms with E-state index >= 15 is 0 Å². The van der Waals surface area contributed by atoms with Crippen LogP contribution in [0.1, 0.15) is 0 Å². The number of H-pyrrole nitrogens is 2. The van der Waals surface area contributed by atoms with Crippen molar-refractivity contribution in [1.82, 2.24) is 39.9 Å². The van der Waals surface area contributed by atoms with Crippen molar-refractivity contribution in [3.63, 3.8) is 0 Å². The first-order valence-electron chi connectivity index (χ1n) is 15.8. The zero-order chi connectivity index (χ0) is 31.3. The predicted molar refractivity (Wildman–Crippen MR) is 195 cm³/mol. The lowest BCUT2D eigenvalue weighted by Crippen LogP contribution is -1.91. The van der Waals surface area contributed by atoms with Gasteiger partial charge in [-0.2, -0.15) is 0 Å². The maximum absolute atomic E-state index is 5.21. The molecule has 48 heavy (non-hydrogen) atoms. The monoisotopic (exact) mass is 614 g/mol. The number of nitrogens with zero attached hydrogens (tertiary/aromatic N) is 6. The van der Waals surface area contributed by atoms with Gasteiger partial charge in [-0.1, -0.05) is 121 Å². The van der Waals surface area contributed by atoms with Crippen molar-refractivity contribution in [2.45, 2.75) is 0 Å². The fourth-order valence-electron chi connectivity index (χ4n) is 7.27. The van der Waals surface area contributed by atoms with Crippen molar-refractivity contribution in [3.05, 3.63) is 121 Å². The van der Waals surface area contributed by atoms with Crippen LogP contribution in [-0.4, -0.2) is 39.9 Å². The number of hydrogen-bond donors (Lipinski definition) is 2. The summed E-state index contributed by atoms with van der Waals surface area (Å²) in [6.45, 7) is 0. The second-order valence-electron chi connectivity index (χ2n) is 12.1. The van der Waals surface area contributed by atoms with Crippen LogP contribution in [0.25, 0.3) is 110 Å². The van der Waals surface area contributed by atoms with Crippen LogP contribution in [0.4, 0.5) is 0 Å². The van der Waals surface area contributed by atoms with E-state index in [9.17, 15) is 0 Å². The first-order valence-corrected chi connectivity index (χ1v) is 15.8. The van der Waals surface area contributed by atoms with E-state index < -0.39 is 0 Å². The number of aromatic amines is 2. The van der Waals surface area contributed by atoms with E-state index in [2.05, 4.69) is 82.8 Å². The van der Waals surface area contributed by atoms with Crippen molar-refractivity contribution < 1.29 is 0 Å². The van der Waals surface area contributed by atoms with E-state index in [4.69, 9.17) is 29.9 Å². The quantitative estimate of drug-likeness (QED) is 0.176. The van der Waals surface area contributed by atoms with Crippen molar-refractivity contribution in [2.75, 3.05) is 0 Å². The van der Waals surface area contributed by atoms with Gasteiger partial charge in [0.15, 0.2) is 22.6 Å². The zero-order valence-corrected chi connectivity index (χ0v) is 25.2. The number of benzene rings is 6. The van der Waals surface area contributed by atoms with Gasteiger partial charge in [-0.05, 0) is 10.8 Å². The van der Waals surface area contributed by atoms with Crippen molar-refractivity contribution in [2.24, 2.45) is 0 Å². The van der Waals surface area contributed by atoms with Gasteiger partial charge < -0.3 is 9.97 Å². The topological polar surface area (TPSA) is 109 Å². The minimum atomic E-state index is 0.578. The van der Waals surface area contributed by atoms with E-state index in [0.717, 1.165) is 64.6 Å². The molecule has 8 nitrogen and oxygen atoms in total. The van der Waals surface area contributed by atoms with Crippen LogP contribution in [-0.2, 0) is 0 Å². The summed E-state index contributed by atoms with van der Waals surface area (Å²) in [5.41, 5.74) is 4.99. The Hall–Kier alpha value is -6.80. The molecule has 0 aliphatic carbocycles. The predicted octanol–water partition coefficient (Wildman–Crippen LogP) is 9.37. The zero-order valence-electron chi connectivity index (χ0n) is 25.2. The second kappa shape index (κ2) is 9.37. The maximum Gasteiger partial charge on any atom is 0.164 e. The van der Waals surface area contributed by atoms with Gasteiger partial charge in [-0.25, -0.2) is 29.9 Å². The van der Waals surface area contributed by atoms with Crippen molar-refractivity contribution in [1.29, 1.82) is 0 Å². The largest absolute Gasteiger partial charge is 0.324 e. The van der Waals surface area contributed by atoms with Crippen LogP contribution in [0, 0.1) is 0 Å². The molecule has 0 aliphatic heterocycles. The maximum atomic E-state index is 5.21. The first kappa shape index (κ1) is 25.4. The number of aromatic nitrogens is 8. The van der Waals surface area contributed by atoms with Gasteiger partial charge >= 0.3 is 0 Å². The minimum Gasteiger partial charge on any atom is -0.324 e. The Morgan fingerprint density at radius 3 is 0.833 bits per heavy atom. The molecule has 0 radical (unpaired) electrons. The first-order chi connectivity index (χ1) is 23.8. The molecule has 0 unspecified atom stereocenters. The van der Waals surface area contributed by atoms with Gasteiger partial charge in [0.25, 0.3) is 0 Å². The molecule has 0 spiro atoms. The third kappa shape index (κ3) is 3.54. The summed E-state index contributed by atoms with van der Waals surface area (Å²) < 4.78 is 0. The van der Waals surface area contributed by atoms with Crippen LogP contribution in [0.2, 0.25) is 0 Å². The third-order valence-corrected chi connectivity index (χ3v) is 9.42. The molecule has 5 heterocycles. The lowest BCUT2D eigenvalue weighted by molar-refractivity contribution is 1.26. The number of nitrogens with one attached hydrogen (secondary N) is 2. The molecule has 8 heteroatoms. The Balaban J connectivity index is 1.46. The van der Waals surface area contributed by atoms with Gasteiger partial charge in [0.1, 0.15) is 22.6 Å². The standard InChI is InChI=1S/C40H22N8/c1-2-14-24-23(13-1)33-41-34(24)44-38-28-18-6-11-22-12-8-20-30(32(22)28)40(48-38)46-36-26-16-4-3-15-25(26)35(42-36)45-39-29-19-7-10-21-9-5-17-27(31(21)29)37(43-33)47-39/h1-20H,(H2,41,42,43,44,45,46,47,48).